The molecule has 0 aliphatic carbocycles. The summed E-state index contributed by atoms with van der Waals surface area (Å²) >= 11 is 0. The van der Waals surface area contributed by atoms with Gasteiger partial charge in [-0.1, -0.05) is 0 Å². The van der Waals surface area contributed by atoms with Crippen LogP contribution in [0.2, 0.25) is 0 Å². The standard InChI is InChI=1S/C14H23N3O2S/c1-10-8-12(15)4-5-14(10)20(18,19)16-13-6-7-17(3)11(2)9-13/h4-5,8,11,13,16H,6-7,9,15H2,1-3H3. The normalized spacial score (nSPS) is 24.8. The molecule has 1 aromatic rings. The average Bonchev–Trinajstić information content (AvgIpc) is 2.33. The summed E-state index contributed by atoms with van der Waals surface area (Å²) in [7, 11) is -1.40. The molecule has 2 rings (SSSR count). The summed E-state index contributed by atoms with van der Waals surface area (Å²) in [5, 5.41) is 0. The molecule has 0 bridgehead atoms. The Labute approximate surface area is 121 Å². The molecule has 1 aromatic carbocycles. The molecule has 5 nitrogen and oxygen atoms in total. The van der Waals surface area contributed by atoms with Gasteiger partial charge in [-0.15, -0.1) is 0 Å². The predicted molar refractivity (Wildman–Crippen MR) is 81.0 cm³/mol. The van der Waals surface area contributed by atoms with Crippen LogP contribution < -0.4 is 10.5 Å². The van der Waals surface area contributed by atoms with Gasteiger partial charge in [0, 0.05) is 17.8 Å². The van der Waals surface area contributed by atoms with E-state index in [1.165, 1.54) is 0 Å². The van der Waals surface area contributed by atoms with E-state index < -0.39 is 10.0 Å². The molecule has 1 aliphatic rings. The van der Waals surface area contributed by atoms with E-state index in [-0.39, 0.29) is 6.04 Å². The summed E-state index contributed by atoms with van der Waals surface area (Å²) in [5.41, 5.74) is 6.93. The maximum atomic E-state index is 12.5. The molecule has 1 heterocycles. The molecule has 6 heteroatoms. The number of rotatable bonds is 3. The zero-order chi connectivity index (χ0) is 14.9. The number of piperidine rings is 1. The van der Waals surface area contributed by atoms with Crippen LogP contribution in [0.4, 0.5) is 5.69 Å². The van der Waals surface area contributed by atoms with Gasteiger partial charge in [0.2, 0.25) is 10.0 Å². The molecule has 0 aromatic heterocycles. The third-order valence-corrected chi connectivity index (χ3v) is 5.70. The first kappa shape index (κ1) is 15.3. The third-order valence-electron chi connectivity index (χ3n) is 4.02. The Morgan fingerprint density at radius 2 is 2.10 bits per heavy atom. The van der Waals surface area contributed by atoms with Gasteiger partial charge in [-0.2, -0.15) is 0 Å². The largest absolute Gasteiger partial charge is 0.399 e. The van der Waals surface area contributed by atoms with Crippen molar-refractivity contribution in [1.29, 1.82) is 0 Å². The van der Waals surface area contributed by atoms with Crippen molar-refractivity contribution < 1.29 is 8.42 Å². The molecule has 0 radical (unpaired) electrons. The number of likely N-dealkylation sites (tertiary alicyclic amines) is 1. The molecular weight excluding hydrogens is 274 g/mol. The highest BCUT2D eigenvalue weighted by molar-refractivity contribution is 7.89. The molecule has 2 atom stereocenters. The van der Waals surface area contributed by atoms with E-state index in [2.05, 4.69) is 23.6 Å². The van der Waals surface area contributed by atoms with Crippen molar-refractivity contribution >= 4 is 15.7 Å². The molecule has 3 N–H and O–H groups in total. The van der Waals surface area contributed by atoms with Crippen LogP contribution in [-0.2, 0) is 10.0 Å². The Balaban J connectivity index is 2.15. The van der Waals surface area contributed by atoms with Crippen LogP contribution in [0.3, 0.4) is 0 Å². The summed E-state index contributed by atoms with van der Waals surface area (Å²) in [6, 6.07) is 5.28. The number of nitrogens with one attached hydrogen (secondary N) is 1. The summed E-state index contributed by atoms with van der Waals surface area (Å²) in [4.78, 5) is 2.57. The molecule has 0 spiro atoms. The number of aryl methyl sites for hydroxylation is 1. The lowest BCUT2D eigenvalue weighted by Gasteiger charge is -2.35. The number of nitrogens with zero attached hydrogens (tertiary/aromatic N) is 1. The van der Waals surface area contributed by atoms with E-state index in [1.807, 2.05) is 0 Å². The van der Waals surface area contributed by atoms with Gasteiger partial charge in [0.25, 0.3) is 0 Å². The molecule has 20 heavy (non-hydrogen) atoms. The number of nitrogens with two attached hydrogens (primary N) is 1. The number of nitrogen functional groups attached to an aromatic ring is 1. The van der Waals surface area contributed by atoms with Gasteiger partial charge in [-0.25, -0.2) is 13.1 Å². The Hall–Kier alpha value is -1.11. The Bertz CT molecular complexity index is 586. The summed E-state index contributed by atoms with van der Waals surface area (Å²) in [5.74, 6) is 0. The molecule has 0 amide bonds. The van der Waals surface area contributed by atoms with Crippen molar-refractivity contribution in [1.82, 2.24) is 9.62 Å². The second kappa shape index (κ2) is 5.71. The van der Waals surface area contributed by atoms with Gasteiger partial charge < -0.3 is 10.6 Å². The lowest BCUT2D eigenvalue weighted by Crippen LogP contribution is -2.47. The van der Waals surface area contributed by atoms with Gasteiger partial charge in [0.05, 0.1) is 4.90 Å². The van der Waals surface area contributed by atoms with Crippen LogP contribution in [0.15, 0.2) is 23.1 Å². The number of hydrogen-bond donors (Lipinski definition) is 2. The first-order chi connectivity index (χ1) is 9.29. The van der Waals surface area contributed by atoms with Gasteiger partial charge in [-0.3, -0.25) is 0 Å². The second-order valence-electron chi connectivity index (χ2n) is 5.70. The van der Waals surface area contributed by atoms with Gasteiger partial charge in [0.15, 0.2) is 0 Å². The van der Waals surface area contributed by atoms with E-state index in [4.69, 9.17) is 5.73 Å². The fraction of sp³-hybridized carbons (Fsp3) is 0.571. The summed E-state index contributed by atoms with van der Waals surface area (Å²) in [6.07, 6.45) is 1.68. The van der Waals surface area contributed by atoms with Gasteiger partial charge in [-0.05, 0) is 64.0 Å². The topological polar surface area (TPSA) is 75.4 Å². The lowest BCUT2D eigenvalue weighted by molar-refractivity contribution is 0.178. The zero-order valence-corrected chi connectivity index (χ0v) is 13.1. The highest BCUT2D eigenvalue weighted by atomic mass is 32.2. The third kappa shape index (κ3) is 3.31. The van der Waals surface area contributed by atoms with E-state index in [0.29, 0.717) is 22.2 Å². The molecular formula is C14H23N3O2S. The zero-order valence-electron chi connectivity index (χ0n) is 12.3. The van der Waals surface area contributed by atoms with Crippen LogP contribution >= 0.6 is 0 Å². The van der Waals surface area contributed by atoms with Crippen LogP contribution in [0.5, 0.6) is 0 Å². The SMILES string of the molecule is Cc1cc(N)ccc1S(=O)(=O)NC1CCN(C)C(C)C1. The minimum absolute atomic E-state index is 0.00292. The van der Waals surface area contributed by atoms with E-state index in [9.17, 15) is 8.42 Å². The Morgan fingerprint density at radius 1 is 1.40 bits per heavy atom. The van der Waals surface area contributed by atoms with Crippen LogP contribution in [0.1, 0.15) is 25.3 Å². The number of benzene rings is 1. The first-order valence-electron chi connectivity index (χ1n) is 6.88. The minimum Gasteiger partial charge on any atom is -0.399 e. The predicted octanol–water partition coefficient (Wildman–Crippen LogP) is 1.34. The maximum absolute atomic E-state index is 12.5. The molecule has 1 aliphatic heterocycles. The number of anilines is 1. The maximum Gasteiger partial charge on any atom is 0.241 e. The molecule has 1 fully saturated rings. The Kier molecular flexibility index (Phi) is 4.36. The smallest absolute Gasteiger partial charge is 0.241 e. The average molecular weight is 297 g/mol. The van der Waals surface area contributed by atoms with Crippen molar-refractivity contribution in [3.05, 3.63) is 23.8 Å². The van der Waals surface area contributed by atoms with E-state index in [1.54, 1.807) is 25.1 Å². The van der Waals surface area contributed by atoms with Crippen LogP contribution in [0, 0.1) is 6.92 Å². The number of sulfonamides is 1. The Morgan fingerprint density at radius 3 is 2.70 bits per heavy atom. The van der Waals surface area contributed by atoms with Crippen molar-refractivity contribution in [3.63, 3.8) is 0 Å². The summed E-state index contributed by atoms with van der Waals surface area (Å²) in [6.45, 7) is 4.80. The minimum atomic E-state index is -3.47. The second-order valence-corrected chi connectivity index (χ2v) is 7.38. The fourth-order valence-corrected chi connectivity index (χ4v) is 4.16. The summed E-state index contributed by atoms with van der Waals surface area (Å²) < 4.78 is 27.7. The van der Waals surface area contributed by atoms with E-state index in [0.717, 1.165) is 19.4 Å². The lowest BCUT2D eigenvalue weighted by atomic mass is 10.0. The fourth-order valence-electron chi connectivity index (χ4n) is 2.65. The van der Waals surface area contributed by atoms with Gasteiger partial charge >= 0.3 is 0 Å². The van der Waals surface area contributed by atoms with Crippen LogP contribution in [0.25, 0.3) is 0 Å². The van der Waals surface area contributed by atoms with Crippen molar-refractivity contribution in [3.8, 4) is 0 Å². The molecule has 1 saturated heterocycles. The molecule has 0 saturated carbocycles. The molecule has 112 valence electrons. The van der Waals surface area contributed by atoms with Crippen molar-refractivity contribution in [2.75, 3.05) is 19.3 Å². The highest BCUT2D eigenvalue weighted by Gasteiger charge is 2.27. The first-order valence-corrected chi connectivity index (χ1v) is 8.36. The quantitative estimate of drug-likeness (QED) is 0.826. The van der Waals surface area contributed by atoms with Crippen molar-refractivity contribution in [2.24, 2.45) is 0 Å². The number of hydrogen-bond acceptors (Lipinski definition) is 4. The van der Waals surface area contributed by atoms with Crippen LogP contribution in [-0.4, -0.2) is 39.0 Å². The monoisotopic (exact) mass is 297 g/mol. The molecule has 2 unspecified atom stereocenters. The van der Waals surface area contributed by atoms with Crippen molar-refractivity contribution in [2.45, 2.75) is 43.7 Å². The highest BCUT2D eigenvalue weighted by Crippen LogP contribution is 2.21. The van der Waals surface area contributed by atoms with E-state index >= 15 is 0 Å². The van der Waals surface area contributed by atoms with Gasteiger partial charge in [0.1, 0.15) is 0 Å².